The Bertz CT molecular complexity index is 1060. The van der Waals surface area contributed by atoms with Gasteiger partial charge in [-0.15, -0.1) is 0 Å². The molecule has 0 aliphatic carbocycles. The van der Waals surface area contributed by atoms with E-state index in [1.165, 1.54) is 0 Å². The van der Waals surface area contributed by atoms with Gasteiger partial charge < -0.3 is 16.0 Å². The van der Waals surface area contributed by atoms with Crippen LogP contribution >= 0.6 is 58.6 Å². The molecule has 0 radical (unpaired) electrons. The SMILES string of the molecule is O=C(Cc1ccc(-c2ccccc2)cc1)NC(NC(=S)Nc1ccc(Cl)cc1)C(Cl)(Cl)Cl. The van der Waals surface area contributed by atoms with Crippen molar-refractivity contribution in [2.45, 2.75) is 16.4 Å². The highest BCUT2D eigenvalue weighted by Gasteiger charge is 2.34. The van der Waals surface area contributed by atoms with Gasteiger partial charge in [-0.05, 0) is 53.2 Å². The van der Waals surface area contributed by atoms with Gasteiger partial charge in [0.2, 0.25) is 9.70 Å². The molecule has 0 aliphatic rings. The monoisotopic (exact) mass is 525 g/mol. The second-order valence-corrected chi connectivity index (χ2v) is 10.1. The van der Waals surface area contributed by atoms with Crippen LogP contribution in [0.1, 0.15) is 5.56 Å². The van der Waals surface area contributed by atoms with Crippen LogP contribution in [0.15, 0.2) is 78.9 Å². The van der Waals surface area contributed by atoms with E-state index in [0.29, 0.717) is 10.7 Å². The third kappa shape index (κ3) is 7.54. The van der Waals surface area contributed by atoms with Crippen molar-refractivity contribution in [3.63, 3.8) is 0 Å². The van der Waals surface area contributed by atoms with E-state index in [1.807, 2.05) is 54.6 Å². The summed E-state index contributed by atoms with van der Waals surface area (Å²) in [7, 11) is 0. The highest BCUT2D eigenvalue weighted by Crippen LogP contribution is 2.29. The van der Waals surface area contributed by atoms with E-state index in [-0.39, 0.29) is 17.4 Å². The molecule has 3 aromatic rings. The van der Waals surface area contributed by atoms with E-state index in [2.05, 4.69) is 16.0 Å². The lowest BCUT2D eigenvalue weighted by molar-refractivity contribution is -0.121. The Hall–Kier alpha value is -2.02. The zero-order valence-corrected chi connectivity index (χ0v) is 20.5. The van der Waals surface area contributed by atoms with Crippen LogP contribution in [0.2, 0.25) is 5.02 Å². The minimum Gasteiger partial charge on any atom is -0.339 e. The first-order valence-corrected chi connectivity index (χ1v) is 11.5. The fourth-order valence-corrected chi connectivity index (χ4v) is 3.56. The van der Waals surface area contributed by atoms with Gasteiger partial charge >= 0.3 is 0 Å². The van der Waals surface area contributed by atoms with Gasteiger partial charge in [0, 0.05) is 10.7 Å². The van der Waals surface area contributed by atoms with E-state index in [4.69, 9.17) is 58.6 Å². The third-order valence-electron chi connectivity index (χ3n) is 4.44. The molecule has 32 heavy (non-hydrogen) atoms. The topological polar surface area (TPSA) is 53.2 Å². The molecule has 0 saturated carbocycles. The number of hydrogen-bond donors (Lipinski definition) is 3. The first-order valence-electron chi connectivity index (χ1n) is 9.54. The van der Waals surface area contributed by atoms with Gasteiger partial charge in [0.15, 0.2) is 5.11 Å². The molecule has 9 heteroatoms. The summed E-state index contributed by atoms with van der Waals surface area (Å²) in [6, 6.07) is 24.6. The highest BCUT2D eigenvalue weighted by molar-refractivity contribution is 7.80. The van der Waals surface area contributed by atoms with Gasteiger partial charge in [-0.3, -0.25) is 4.79 Å². The summed E-state index contributed by atoms with van der Waals surface area (Å²) in [6.07, 6.45) is -0.929. The van der Waals surface area contributed by atoms with Gasteiger partial charge in [0.25, 0.3) is 0 Å². The number of alkyl halides is 3. The molecule has 0 aromatic heterocycles. The van der Waals surface area contributed by atoms with Crippen molar-refractivity contribution in [3.05, 3.63) is 89.4 Å². The van der Waals surface area contributed by atoms with Gasteiger partial charge in [-0.2, -0.15) is 0 Å². The van der Waals surface area contributed by atoms with E-state index < -0.39 is 9.96 Å². The maximum Gasteiger partial charge on any atom is 0.228 e. The number of anilines is 1. The lowest BCUT2D eigenvalue weighted by Crippen LogP contribution is -2.56. The molecule has 0 aliphatic heterocycles. The molecule has 1 atom stereocenters. The largest absolute Gasteiger partial charge is 0.339 e. The zero-order valence-electron chi connectivity index (χ0n) is 16.6. The number of nitrogens with one attached hydrogen (secondary N) is 3. The van der Waals surface area contributed by atoms with Crippen LogP contribution in [0.25, 0.3) is 11.1 Å². The number of thiocarbonyl (C=S) groups is 1. The van der Waals surface area contributed by atoms with Crippen LogP contribution in [0.4, 0.5) is 5.69 Å². The summed E-state index contributed by atoms with van der Waals surface area (Å²) in [4.78, 5) is 12.6. The number of carbonyl (C=O) groups is 1. The summed E-state index contributed by atoms with van der Waals surface area (Å²) in [6.45, 7) is 0. The average molecular weight is 527 g/mol. The summed E-state index contributed by atoms with van der Waals surface area (Å²) in [5.74, 6) is -0.324. The second-order valence-electron chi connectivity index (χ2n) is 6.89. The summed E-state index contributed by atoms with van der Waals surface area (Å²) < 4.78 is -1.83. The van der Waals surface area contributed by atoms with Crippen molar-refractivity contribution in [3.8, 4) is 11.1 Å². The maximum atomic E-state index is 12.6. The molecule has 3 N–H and O–H groups in total. The van der Waals surface area contributed by atoms with Crippen molar-refractivity contribution < 1.29 is 4.79 Å². The minimum absolute atomic E-state index is 0.116. The Morgan fingerprint density at radius 3 is 2.03 bits per heavy atom. The van der Waals surface area contributed by atoms with Crippen LogP contribution in [0, 0.1) is 0 Å². The first kappa shape index (κ1) is 24.6. The quantitative estimate of drug-likeness (QED) is 0.199. The number of halogens is 4. The number of benzene rings is 3. The molecule has 0 heterocycles. The lowest BCUT2D eigenvalue weighted by atomic mass is 10.0. The van der Waals surface area contributed by atoms with Gasteiger partial charge in [0.1, 0.15) is 6.17 Å². The molecular formula is C23H19Cl4N3OS. The molecular weight excluding hydrogens is 508 g/mol. The molecule has 3 aromatic carbocycles. The molecule has 1 amide bonds. The standard InChI is InChI=1S/C23H19Cl4N3OS/c24-18-10-12-19(13-11-18)28-22(32)30-21(23(25,26)27)29-20(31)14-15-6-8-17(9-7-15)16-4-2-1-3-5-16/h1-13,21H,14H2,(H,29,31)(H2,28,30,32). The van der Waals surface area contributed by atoms with Crippen LogP contribution in [0.3, 0.4) is 0 Å². The van der Waals surface area contributed by atoms with Crippen molar-refractivity contribution in [1.29, 1.82) is 0 Å². The Morgan fingerprint density at radius 2 is 1.44 bits per heavy atom. The van der Waals surface area contributed by atoms with E-state index in [9.17, 15) is 4.79 Å². The Morgan fingerprint density at radius 1 is 0.844 bits per heavy atom. The Balaban J connectivity index is 1.59. The number of amides is 1. The predicted molar refractivity (Wildman–Crippen MR) is 139 cm³/mol. The van der Waals surface area contributed by atoms with Gasteiger partial charge in [-0.1, -0.05) is 101 Å². The Labute approximate surface area is 212 Å². The number of rotatable bonds is 6. The average Bonchev–Trinajstić information content (AvgIpc) is 2.75. The first-order chi connectivity index (χ1) is 15.2. The number of hydrogen-bond acceptors (Lipinski definition) is 2. The fourth-order valence-electron chi connectivity index (χ4n) is 2.87. The van der Waals surface area contributed by atoms with Crippen molar-refractivity contribution >= 4 is 75.3 Å². The van der Waals surface area contributed by atoms with Crippen LogP contribution in [-0.2, 0) is 11.2 Å². The van der Waals surface area contributed by atoms with E-state index >= 15 is 0 Å². The normalized spacial score (nSPS) is 12.0. The van der Waals surface area contributed by atoms with Crippen LogP contribution < -0.4 is 16.0 Å². The molecule has 1 unspecified atom stereocenters. The van der Waals surface area contributed by atoms with Gasteiger partial charge in [-0.25, -0.2) is 0 Å². The highest BCUT2D eigenvalue weighted by atomic mass is 35.6. The van der Waals surface area contributed by atoms with Crippen molar-refractivity contribution in [1.82, 2.24) is 10.6 Å². The lowest BCUT2D eigenvalue weighted by Gasteiger charge is -2.27. The van der Waals surface area contributed by atoms with Crippen LogP contribution in [0.5, 0.6) is 0 Å². The Kier molecular flexibility index (Phi) is 8.63. The third-order valence-corrected chi connectivity index (χ3v) is 5.56. The smallest absolute Gasteiger partial charge is 0.228 e. The van der Waals surface area contributed by atoms with E-state index in [0.717, 1.165) is 16.7 Å². The minimum atomic E-state index is -1.83. The second kappa shape index (κ2) is 11.2. The molecule has 166 valence electrons. The molecule has 0 fully saturated rings. The summed E-state index contributed by atoms with van der Waals surface area (Å²) in [5.41, 5.74) is 3.69. The molecule has 0 saturated heterocycles. The van der Waals surface area contributed by atoms with Gasteiger partial charge in [0.05, 0.1) is 6.42 Å². The summed E-state index contributed by atoms with van der Waals surface area (Å²) >= 11 is 29.3. The molecule has 0 bridgehead atoms. The van der Waals surface area contributed by atoms with E-state index in [1.54, 1.807) is 24.3 Å². The van der Waals surface area contributed by atoms with Crippen molar-refractivity contribution in [2.24, 2.45) is 0 Å². The van der Waals surface area contributed by atoms with Crippen LogP contribution in [-0.4, -0.2) is 21.0 Å². The predicted octanol–water partition coefficient (Wildman–Crippen LogP) is 6.35. The van der Waals surface area contributed by atoms with Crippen molar-refractivity contribution in [2.75, 3.05) is 5.32 Å². The zero-order chi connectivity index (χ0) is 23.1. The molecule has 3 rings (SSSR count). The number of carbonyl (C=O) groups excluding carboxylic acids is 1. The fraction of sp³-hybridized carbons (Fsp3) is 0.130. The molecule has 4 nitrogen and oxygen atoms in total. The maximum absolute atomic E-state index is 12.6. The summed E-state index contributed by atoms with van der Waals surface area (Å²) in [5, 5.41) is 9.23. The molecule has 0 spiro atoms.